The lowest BCUT2D eigenvalue weighted by Crippen LogP contribution is -2.39. The highest BCUT2D eigenvalue weighted by Crippen LogP contribution is 2.34. The van der Waals surface area contributed by atoms with Crippen LogP contribution in [0.4, 0.5) is 11.5 Å². The first-order valence-corrected chi connectivity index (χ1v) is 7.61. The van der Waals surface area contributed by atoms with Crippen molar-refractivity contribution in [3.05, 3.63) is 6.33 Å². The summed E-state index contributed by atoms with van der Waals surface area (Å²) < 4.78 is 5.59. The van der Waals surface area contributed by atoms with Crippen molar-refractivity contribution >= 4 is 11.5 Å². The van der Waals surface area contributed by atoms with Gasteiger partial charge in [-0.3, -0.25) is 0 Å². The van der Waals surface area contributed by atoms with Crippen LogP contribution < -0.4 is 15.4 Å². The summed E-state index contributed by atoms with van der Waals surface area (Å²) in [6, 6.07) is 0.500. The Morgan fingerprint density at radius 3 is 2.80 bits per heavy atom. The molecule has 1 heterocycles. The third-order valence-corrected chi connectivity index (χ3v) is 4.17. The summed E-state index contributed by atoms with van der Waals surface area (Å²) in [7, 11) is 2.08. The Morgan fingerprint density at radius 2 is 2.10 bits per heavy atom. The average molecular weight is 278 g/mol. The fourth-order valence-corrected chi connectivity index (χ4v) is 2.99. The Labute approximate surface area is 121 Å². The summed E-state index contributed by atoms with van der Waals surface area (Å²) in [6.45, 7) is 5.00. The minimum atomic E-state index is 0.500. The molecule has 2 N–H and O–H groups in total. The van der Waals surface area contributed by atoms with E-state index in [1.807, 2.05) is 0 Å². The second-order valence-corrected chi connectivity index (χ2v) is 5.70. The van der Waals surface area contributed by atoms with E-state index in [-0.39, 0.29) is 0 Å². The van der Waals surface area contributed by atoms with Crippen LogP contribution in [-0.2, 0) is 0 Å². The van der Waals surface area contributed by atoms with Gasteiger partial charge in [0.15, 0.2) is 5.82 Å². The van der Waals surface area contributed by atoms with Crippen molar-refractivity contribution < 1.29 is 4.74 Å². The predicted octanol–water partition coefficient (Wildman–Crippen LogP) is 2.86. The zero-order valence-electron chi connectivity index (χ0n) is 12.8. The average Bonchev–Trinajstić information content (AvgIpc) is 2.46. The molecule has 112 valence electrons. The summed E-state index contributed by atoms with van der Waals surface area (Å²) in [5.41, 5.74) is 6.74. The number of hydrogen-bond donors (Lipinski definition) is 1. The van der Waals surface area contributed by atoms with Gasteiger partial charge in [-0.05, 0) is 25.2 Å². The van der Waals surface area contributed by atoms with Crippen LogP contribution in [0.1, 0.15) is 46.0 Å². The molecule has 0 saturated heterocycles. The summed E-state index contributed by atoms with van der Waals surface area (Å²) >= 11 is 0. The molecule has 1 fully saturated rings. The number of nitrogen functional groups attached to an aromatic ring is 1. The standard InChI is InChI=1S/C15H26N4O/c1-4-9-20-15-13(16)14(17-10-18-15)19(3)12-8-6-5-7-11(12)2/h10-12H,4-9,16H2,1-3H3. The Bertz CT molecular complexity index is 438. The van der Waals surface area contributed by atoms with Crippen molar-refractivity contribution in [2.45, 2.75) is 52.0 Å². The number of anilines is 2. The zero-order valence-corrected chi connectivity index (χ0v) is 12.8. The number of hydrogen-bond acceptors (Lipinski definition) is 5. The first-order valence-electron chi connectivity index (χ1n) is 7.61. The zero-order chi connectivity index (χ0) is 14.5. The van der Waals surface area contributed by atoms with Crippen molar-refractivity contribution in [3.8, 4) is 5.88 Å². The maximum Gasteiger partial charge on any atom is 0.242 e. The molecule has 5 nitrogen and oxygen atoms in total. The first-order chi connectivity index (χ1) is 9.65. The Hall–Kier alpha value is -1.52. The van der Waals surface area contributed by atoms with E-state index in [0.717, 1.165) is 12.2 Å². The number of ether oxygens (including phenoxy) is 1. The molecule has 5 heteroatoms. The van der Waals surface area contributed by atoms with E-state index in [9.17, 15) is 0 Å². The maximum atomic E-state index is 6.19. The predicted molar refractivity (Wildman–Crippen MR) is 82.1 cm³/mol. The normalized spacial score (nSPS) is 22.6. The minimum absolute atomic E-state index is 0.500. The Kier molecular flexibility index (Phi) is 5.04. The van der Waals surface area contributed by atoms with Gasteiger partial charge < -0.3 is 15.4 Å². The SMILES string of the molecule is CCCOc1ncnc(N(C)C2CCCCC2C)c1N. The topological polar surface area (TPSA) is 64.3 Å². The van der Waals surface area contributed by atoms with Gasteiger partial charge in [-0.2, -0.15) is 4.98 Å². The molecule has 0 aromatic carbocycles. The van der Waals surface area contributed by atoms with Gasteiger partial charge in [0.2, 0.25) is 5.88 Å². The fourth-order valence-electron chi connectivity index (χ4n) is 2.99. The molecule has 1 aliphatic rings. The third kappa shape index (κ3) is 3.14. The summed E-state index contributed by atoms with van der Waals surface area (Å²) in [6.07, 6.45) is 7.57. The van der Waals surface area contributed by atoms with Crippen molar-refractivity contribution in [3.63, 3.8) is 0 Å². The van der Waals surface area contributed by atoms with Crippen LogP contribution in [0.2, 0.25) is 0 Å². The molecule has 1 aromatic heterocycles. The van der Waals surface area contributed by atoms with Crippen molar-refractivity contribution in [1.82, 2.24) is 9.97 Å². The van der Waals surface area contributed by atoms with Crippen LogP contribution in [-0.4, -0.2) is 29.7 Å². The van der Waals surface area contributed by atoms with E-state index in [1.54, 1.807) is 6.33 Å². The highest BCUT2D eigenvalue weighted by Gasteiger charge is 2.27. The number of rotatable bonds is 5. The summed E-state index contributed by atoms with van der Waals surface area (Å²) in [5, 5.41) is 0. The summed E-state index contributed by atoms with van der Waals surface area (Å²) in [4.78, 5) is 10.7. The molecular weight excluding hydrogens is 252 g/mol. The van der Waals surface area contributed by atoms with E-state index in [4.69, 9.17) is 10.5 Å². The number of nitrogens with zero attached hydrogens (tertiary/aromatic N) is 3. The largest absolute Gasteiger partial charge is 0.476 e. The van der Waals surface area contributed by atoms with Crippen LogP contribution in [0.3, 0.4) is 0 Å². The second kappa shape index (κ2) is 6.77. The quantitative estimate of drug-likeness (QED) is 0.897. The lowest BCUT2D eigenvalue weighted by Gasteiger charge is -2.37. The van der Waals surface area contributed by atoms with Gasteiger partial charge in [-0.25, -0.2) is 4.98 Å². The van der Waals surface area contributed by atoms with Gasteiger partial charge in [-0.1, -0.05) is 26.7 Å². The molecule has 0 amide bonds. The van der Waals surface area contributed by atoms with Gasteiger partial charge in [0.25, 0.3) is 0 Å². The van der Waals surface area contributed by atoms with Crippen LogP contribution in [0.25, 0.3) is 0 Å². The minimum Gasteiger partial charge on any atom is -0.476 e. The van der Waals surface area contributed by atoms with Gasteiger partial charge in [0.05, 0.1) is 6.61 Å². The Balaban J connectivity index is 2.18. The summed E-state index contributed by atoms with van der Waals surface area (Å²) in [5.74, 6) is 1.97. The smallest absolute Gasteiger partial charge is 0.242 e. The van der Waals surface area contributed by atoms with Crippen molar-refractivity contribution in [2.24, 2.45) is 5.92 Å². The molecule has 0 aliphatic heterocycles. The molecule has 0 radical (unpaired) electrons. The second-order valence-electron chi connectivity index (χ2n) is 5.70. The van der Waals surface area contributed by atoms with E-state index in [1.165, 1.54) is 25.7 Å². The number of aromatic nitrogens is 2. The maximum absolute atomic E-state index is 6.19. The third-order valence-electron chi connectivity index (χ3n) is 4.17. The van der Waals surface area contributed by atoms with Crippen LogP contribution in [0, 0.1) is 5.92 Å². The van der Waals surface area contributed by atoms with Crippen LogP contribution in [0.5, 0.6) is 5.88 Å². The van der Waals surface area contributed by atoms with Crippen LogP contribution in [0.15, 0.2) is 6.33 Å². The van der Waals surface area contributed by atoms with E-state index < -0.39 is 0 Å². The number of nitrogens with two attached hydrogens (primary N) is 1. The molecule has 0 spiro atoms. The first kappa shape index (κ1) is 14.9. The van der Waals surface area contributed by atoms with Gasteiger partial charge in [0.1, 0.15) is 12.0 Å². The molecule has 20 heavy (non-hydrogen) atoms. The van der Waals surface area contributed by atoms with E-state index >= 15 is 0 Å². The van der Waals surface area contributed by atoms with E-state index in [2.05, 4.69) is 35.8 Å². The molecule has 1 aliphatic carbocycles. The monoisotopic (exact) mass is 278 g/mol. The molecular formula is C15H26N4O. The Morgan fingerprint density at radius 1 is 1.35 bits per heavy atom. The molecule has 0 bridgehead atoms. The van der Waals surface area contributed by atoms with E-state index in [0.29, 0.717) is 30.1 Å². The fraction of sp³-hybridized carbons (Fsp3) is 0.733. The molecule has 1 saturated carbocycles. The lowest BCUT2D eigenvalue weighted by molar-refractivity contribution is 0.305. The molecule has 1 aromatic rings. The van der Waals surface area contributed by atoms with Crippen molar-refractivity contribution in [1.29, 1.82) is 0 Å². The highest BCUT2D eigenvalue weighted by molar-refractivity contribution is 5.67. The van der Waals surface area contributed by atoms with Gasteiger partial charge in [0, 0.05) is 13.1 Å². The molecule has 2 atom stereocenters. The van der Waals surface area contributed by atoms with Gasteiger partial charge >= 0.3 is 0 Å². The highest BCUT2D eigenvalue weighted by atomic mass is 16.5. The van der Waals surface area contributed by atoms with Crippen molar-refractivity contribution in [2.75, 3.05) is 24.3 Å². The molecule has 2 rings (SSSR count). The molecule has 2 unspecified atom stereocenters. The van der Waals surface area contributed by atoms with Crippen LogP contribution >= 0.6 is 0 Å². The van der Waals surface area contributed by atoms with Gasteiger partial charge in [-0.15, -0.1) is 0 Å². The lowest BCUT2D eigenvalue weighted by atomic mass is 9.85.